The van der Waals surface area contributed by atoms with Crippen LogP contribution in [0.3, 0.4) is 0 Å². The first-order valence-electron chi connectivity index (χ1n) is 9.70. The van der Waals surface area contributed by atoms with Gasteiger partial charge in [0, 0.05) is 31.9 Å². The van der Waals surface area contributed by atoms with Crippen LogP contribution < -0.4 is 15.4 Å². The Bertz CT molecular complexity index is 1000. The number of benzene rings is 1. The van der Waals surface area contributed by atoms with Crippen LogP contribution in [0.25, 0.3) is 0 Å². The number of rotatable bonds is 7. The SMILES string of the molecule is CCNc1nc(Nc2cc(OC(F)F)c(C(=O)N3CCOCC3)cc2Cl)ncc1C(F)(F)F. The molecule has 1 aliphatic heterocycles. The normalized spacial score (nSPS) is 14.4. The number of carbonyl (C=O) groups excluding carboxylic acids is 1. The standard InChI is InChI=1S/C19H19ClF5N5O3/c1-2-26-15-11(19(23,24)25)9-27-18(29-15)28-13-8-14(33-17(21)22)10(7-12(13)20)16(31)30-3-5-32-6-4-30/h7-9,17H,2-6H2,1H3,(H2,26,27,28,29). The first-order chi connectivity index (χ1) is 15.6. The van der Waals surface area contributed by atoms with Crippen molar-refractivity contribution < 1.29 is 36.2 Å². The van der Waals surface area contributed by atoms with E-state index in [-0.39, 0.29) is 41.9 Å². The van der Waals surface area contributed by atoms with Gasteiger partial charge in [0.2, 0.25) is 5.95 Å². The molecule has 0 aliphatic carbocycles. The summed E-state index contributed by atoms with van der Waals surface area (Å²) in [6.45, 7) is -0.380. The van der Waals surface area contributed by atoms with Crippen molar-refractivity contribution in [2.75, 3.05) is 43.5 Å². The van der Waals surface area contributed by atoms with Gasteiger partial charge in [-0.25, -0.2) is 4.98 Å². The molecule has 1 aliphatic rings. The number of halogens is 6. The molecule has 1 amide bonds. The Labute approximate surface area is 190 Å². The van der Waals surface area contributed by atoms with E-state index in [0.717, 1.165) is 12.1 Å². The van der Waals surface area contributed by atoms with Gasteiger partial charge in [0.15, 0.2) is 0 Å². The van der Waals surface area contributed by atoms with Crippen LogP contribution in [0.4, 0.5) is 39.4 Å². The van der Waals surface area contributed by atoms with Crippen LogP contribution in [0.1, 0.15) is 22.8 Å². The number of anilines is 3. The molecule has 0 unspecified atom stereocenters. The number of ether oxygens (including phenoxy) is 2. The highest BCUT2D eigenvalue weighted by atomic mass is 35.5. The topological polar surface area (TPSA) is 88.6 Å². The number of carbonyl (C=O) groups is 1. The van der Waals surface area contributed by atoms with E-state index in [1.807, 2.05) is 0 Å². The van der Waals surface area contributed by atoms with Crippen LogP contribution in [0, 0.1) is 0 Å². The Morgan fingerprint density at radius 2 is 2.00 bits per heavy atom. The highest BCUT2D eigenvalue weighted by Gasteiger charge is 2.35. The second-order valence-electron chi connectivity index (χ2n) is 6.72. The van der Waals surface area contributed by atoms with Gasteiger partial charge >= 0.3 is 12.8 Å². The zero-order valence-corrected chi connectivity index (χ0v) is 17.9. The smallest absolute Gasteiger partial charge is 0.421 e. The summed E-state index contributed by atoms with van der Waals surface area (Å²) in [4.78, 5) is 21.6. The Morgan fingerprint density at radius 1 is 1.30 bits per heavy atom. The maximum absolute atomic E-state index is 13.1. The van der Waals surface area contributed by atoms with E-state index in [1.54, 1.807) is 6.92 Å². The predicted molar refractivity (Wildman–Crippen MR) is 109 cm³/mol. The second-order valence-corrected chi connectivity index (χ2v) is 7.13. The van der Waals surface area contributed by atoms with Gasteiger partial charge in [-0.3, -0.25) is 4.79 Å². The molecule has 0 spiro atoms. The number of amides is 1. The summed E-state index contributed by atoms with van der Waals surface area (Å²) in [6, 6.07) is 2.17. The van der Waals surface area contributed by atoms with Crippen molar-refractivity contribution in [3.05, 3.63) is 34.5 Å². The molecule has 180 valence electrons. The van der Waals surface area contributed by atoms with Crippen molar-refractivity contribution in [2.24, 2.45) is 0 Å². The fourth-order valence-corrected chi connectivity index (χ4v) is 3.23. The number of morpholine rings is 1. The summed E-state index contributed by atoms with van der Waals surface area (Å²) in [6.07, 6.45) is -4.11. The maximum atomic E-state index is 13.1. The minimum Gasteiger partial charge on any atom is -0.434 e. The number of hydrogen-bond acceptors (Lipinski definition) is 7. The van der Waals surface area contributed by atoms with Crippen LogP contribution in [0.15, 0.2) is 18.3 Å². The lowest BCUT2D eigenvalue weighted by atomic mass is 10.1. The third-order valence-corrected chi connectivity index (χ3v) is 4.81. The van der Waals surface area contributed by atoms with Crippen molar-refractivity contribution in [1.82, 2.24) is 14.9 Å². The van der Waals surface area contributed by atoms with Gasteiger partial charge in [-0.1, -0.05) is 11.6 Å². The van der Waals surface area contributed by atoms with Gasteiger partial charge in [-0.15, -0.1) is 0 Å². The maximum Gasteiger partial charge on any atom is 0.421 e. The van der Waals surface area contributed by atoms with Gasteiger partial charge in [-0.05, 0) is 13.0 Å². The molecular weight excluding hydrogens is 477 g/mol. The summed E-state index contributed by atoms with van der Waals surface area (Å²) in [5.41, 5.74) is -1.32. The van der Waals surface area contributed by atoms with Crippen LogP contribution in [0.2, 0.25) is 5.02 Å². The number of hydrogen-bond donors (Lipinski definition) is 2. The summed E-state index contributed by atoms with van der Waals surface area (Å²) in [7, 11) is 0. The molecule has 0 atom stereocenters. The first kappa shape index (κ1) is 24.7. The van der Waals surface area contributed by atoms with Crippen LogP contribution in [-0.4, -0.2) is 60.2 Å². The fraction of sp³-hybridized carbons (Fsp3) is 0.421. The molecule has 1 saturated heterocycles. The zero-order chi connectivity index (χ0) is 24.2. The first-order valence-corrected chi connectivity index (χ1v) is 10.1. The summed E-state index contributed by atoms with van der Waals surface area (Å²) in [5, 5.41) is 4.99. The van der Waals surface area contributed by atoms with Gasteiger partial charge < -0.3 is 25.0 Å². The van der Waals surface area contributed by atoms with Gasteiger partial charge in [0.25, 0.3) is 5.91 Å². The van der Waals surface area contributed by atoms with Crippen molar-refractivity contribution in [3.8, 4) is 5.75 Å². The third-order valence-electron chi connectivity index (χ3n) is 4.50. The number of nitrogens with zero attached hydrogens (tertiary/aromatic N) is 3. The molecule has 2 N–H and O–H groups in total. The van der Waals surface area contributed by atoms with Crippen molar-refractivity contribution in [3.63, 3.8) is 0 Å². The third kappa shape index (κ3) is 6.11. The molecule has 0 bridgehead atoms. The summed E-state index contributed by atoms with van der Waals surface area (Å²) < 4.78 is 75.1. The molecule has 1 fully saturated rings. The number of nitrogens with one attached hydrogen (secondary N) is 2. The average molecular weight is 496 g/mol. The van der Waals surface area contributed by atoms with Gasteiger partial charge in [0.1, 0.15) is 17.1 Å². The van der Waals surface area contributed by atoms with Gasteiger partial charge in [0.05, 0.1) is 29.5 Å². The Morgan fingerprint density at radius 3 is 2.61 bits per heavy atom. The Hall–Kier alpha value is -2.93. The van der Waals surface area contributed by atoms with E-state index in [2.05, 4.69) is 25.3 Å². The largest absolute Gasteiger partial charge is 0.434 e. The quantitative estimate of drug-likeness (QED) is 0.550. The minimum atomic E-state index is -4.69. The highest BCUT2D eigenvalue weighted by Crippen LogP contribution is 2.36. The lowest BCUT2D eigenvalue weighted by molar-refractivity contribution is -0.137. The predicted octanol–water partition coefficient (Wildman–Crippen LogP) is 4.40. The summed E-state index contributed by atoms with van der Waals surface area (Å²) >= 11 is 6.22. The van der Waals surface area contributed by atoms with Crippen molar-refractivity contribution >= 4 is 35.0 Å². The van der Waals surface area contributed by atoms with E-state index in [9.17, 15) is 26.7 Å². The number of alkyl halides is 5. The zero-order valence-electron chi connectivity index (χ0n) is 17.2. The second kappa shape index (κ2) is 10.3. The molecule has 8 nitrogen and oxygen atoms in total. The molecule has 14 heteroatoms. The summed E-state index contributed by atoms with van der Waals surface area (Å²) in [5.74, 6) is -1.80. The highest BCUT2D eigenvalue weighted by molar-refractivity contribution is 6.33. The molecule has 2 heterocycles. The van der Waals surface area contributed by atoms with E-state index in [1.165, 1.54) is 4.90 Å². The molecule has 3 rings (SSSR count). The van der Waals surface area contributed by atoms with E-state index >= 15 is 0 Å². The average Bonchev–Trinajstić information content (AvgIpc) is 2.75. The molecule has 0 saturated carbocycles. The Balaban J connectivity index is 1.95. The van der Waals surface area contributed by atoms with Crippen molar-refractivity contribution in [1.29, 1.82) is 0 Å². The molecular formula is C19H19ClF5N5O3. The van der Waals surface area contributed by atoms with Crippen LogP contribution in [0.5, 0.6) is 5.75 Å². The fourth-order valence-electron chi connectivity index (χ4n) is 3.02. The lowest BCUT2D eigenvalue weighted by Gasteiger charge is -2.27. The Kier molecular flexibility index (Phi) is 7.74. The molecule has 2 aromatic rings. The minimum absolute atomic E-state index is 0.0481. The van der Waals surface area contributed by atoms with Crippen molar-refractivity contribution in [2.45, 2.75) is 19.7 Å². The van der Waals surface area contributed by atoms with E-state index in [4.69, 9.17) is 16.3 Å². The molecule has 1 aromatic heterocycles. The van der Waals surface area contributed by atoms with Crippen LogP contribution in [-0.2, 0) is 10.9 Å². The monoisotopic (exact) mass is 495 g/mol. The molecule has 0 radical (unpaired) electrons. The molecule has 1 aromatic carbocycles. The van der Waals surface area contributed by atoms with Crippen LogP contribution >= 0.6 is 11.6 Å². The lowest BCUT2D eigenvalue weighted by Crippen LogP contribution is -2.40. The van der Waals surface area contributed by atoms with E-state index in [0.29, 0.717) is 19.4 Å². The number of aromatic nitrogens is 2. The van der Waals surface area contributed by atoms with E-state index < -0.39 is 35.8 Å². The van der Waals surface area contributed by atoms with Gasteiger partial charge in [-0.2, -0.15) is 26.9 Å². The molecule has 33 heavy (non-hydrogen) atoms.